The summed E-state index contributed by atoms with van der Waals surface area (Å²) in [5.74, 6) is 0. The first-order valence-electron chi connectivity index (χ1n) is 5.37. The van der Waals surface area contributed by atoms with Crippen LogP contribution in [0.3, 0.4) is 0 Å². The van der Waals surface area contributed by atoms with Crippen LogP contribution in [-0.4, -0.2) is 21.3 Å². The van der Waals surface area contributed by atoms with Crippen molar-refractivity contribution in [1.82, 2.24) is 14.8 Å². The third-order valence-electron chi connectivity index (χ3n) is 2.38. The van der Waals surface area contributed by atoms with Gasteiger partial charge in [0.05, 0.1) is 11.4 Å². The van der Waals surface area contributed by atoms with E-state index in [1.165, 1.54) is 0 Å². The average molecular weight is 227 g/mol. The van der Waals surface area contributed by atoms with Gasteiger partial charge >= 0.3 is 0 Å². The third kappa shape index (κ3) is 2.82. The number of aryl methyl sites for hydroxylation is 1. The molecule has 0 saturated heterocycles. The van der Waals surface area contributed by atoms with Crippen LogP contribution in [0.1, 0.15) is 11.4 Å². The van der Waals surface area contributed by atoms with Crippen molar-refractivity contribution in [3.63, 3.8) is 0 Å². The lowest BCUT2D eigenvalue weighted by molar-refractivity contribution is 0.742. The Bertz CT molecular complexity index is 538. The van der Waals surface area contributed by atoms with Gasteiger partial charge in [-0.15, -0.1) is 0 Å². The van der Waals surface area contributed by atoms with Gasteiger partial charge in [0, 0.05) is 32.4 Å². The summed E-state index contributed by atoms with van der Waals surface area (Å²) in [5.41, 5.74) is 2.22. The molecule has 17 heavy (non-hydrogen) atoms. The van der Waals surface area contributed by atoms with Gasteiger partial charge in [-0.05, 0) is 18.2 Å². The lowest BCUT2D eigenvalue weighted by Crippen LogP contribution is -2.07. The summed E-state index contributed by atoms with van der Waals surface area (Å²) >= 11 is 0. The van der Waals surface area contributed by atoms with Crippen molar-refractivity contribution in [1.29, 1.82) is 5.26 Å². The van der Waals surface area contributed by atoms with Crippen LogP contribution in [0, 0.1) is 11.3 Å². The lowest BCUT2D eigenvalue weighted by Gasteiger charge is -2.05. The van der Waals surface area contributed by atoms with Crippen LogP contribution in [0.2, 0.25) is 0 Å². The van der Waals surface area contributed by atoms with E-state index in [-0.39, 0.29) is 0 Å². The lowest BCUT2D eigenvalue weighted by atomic mass is 10.2. The van der Waals surface area contributed by atoms with Crippen molar-refractivity contribution in [2.75, 3.05) is 11.9 Å². The van der Waals surface area contributed by atoms with Gasteiger partial charge in [-0.25, -0.2) is 4.98 Å². The molecule has 0 spiro atoms. The molecule has 0 bridgehead atoms. The highest BCUT2D eigenvalue weighted by Gasteiger charge is 2.01. The standard InChI is InChI=1S/C12H13N5/c1-17-8-5-10(16-17)4-7-15-11-3-2-6-14-12(11)9-13/h2-3,5-6,8,15H,4,7H2,1H3. The zero-order chi connectivity index (χ0) is 12.1. The molecule has 0 fully saturated rings. The highest BCUT2D eigenvalue weighted by molar-refractivity contribution is 5.53. The van der Waals surface area contributed by atoms with Crippen LogP contribution >= 0.6 is 0 Å². The maximum atomic E-state index is 8.87. The molecule has 86 valence electrons. The van der Waals surface area contributed by atoms with E-state index < -0.39 is 0 Å². The Morgan fingerprint density at radius 3 is 3.06 bits per heavy atom. The zero-order valence-electron chi connectivity index (χ0n) is 9.59. The van der Waals surface area contributed by atoms with Gasteiger partial charge in [0.25, 0.3) is 0 Å². The molecule has 1 N–H and O–H groups in total. The van der Waals surface area contributed by atoms with Gasteiger partial charge in [-0.3, -0.25) is 4.68 Å². The average Bonchev–Trinajstić information content (AvgIpc) is 2.76. The molecule has 0 aliphatic heterocycles. The SMILES string of the molecule is Cn1ccc(CCNc2cccnc2C#N)n1. The molecule has 0 saturated carbocycles. The fourth-order valence-corrected chi connectivity index (χ4v) is 1.56. The van der Waals surface area contributed by atoms with Crippen molar-refractivity contribution >= 4 is 5.69 Å². The minimum atomic E-state index is 0.425. The molecule has 2 aromatic rings. The Kier molecular flexibility index (Phi) is 3.36. The van der Waals surface area contributed by atoms with Gasteiger partial charge in [-0.1, -0.05) is 0 Å². The monoisotopic (exact) mass is 227 g/mol. The molecule has 5 heteroatoms. The predicted octanol–water partition coefficient (Wildman–Crippen LogP) is 1.34. The Morgan fingerprint density at radius 2 is 2.35 bits per heavy atom. The van der Waals surface area contributed by atoms with Crippen molar-refractivity contribution in [3.05, 3.63) is 42.0 Å². The molecule has 0 aliphatic carbocycles. The summed E-state index contributed by atoms with van der Waals surface area (Å²) in [4.78, 5) is 3.98. The summed E-state index contributed by atoms with van der Waals surface area (Å²) < 4.78 is 1.78. The van der Waals surface area contributed by atoms with E-state index >= 15 is 0 Å². The molecule has 0 amide bonds. The smallest absolute Gasteiger partial charge is 0.163 e. The molecule has 0 aromatic carbocycles. The number of pyridine rings is 1. The van der Waals surface area contributed by atoms with Crippen LogP contribution in [0.4, 0.5) is 5.69 Å². The maximum absolute atomic E-state index is 8.87. The Morgan fingerprint density at radius 1 is 1.47 bits per heavy atom. The summed E-state index contributed by atoms with van der Waals surface area (Å²) in [6.07, 6.45) is 4.35. The van der Waals surface area contributed by atoms with E-state index in [1.807, 2.05) is 31.4 Å². The summed E-state index contributed by atoms with van der Waals surface area (Å²) in [6.45, 7) is 0.734. The van der Waals surface area contributed by atoms with Crippen LogP contribution in [0.15, 0.2) is 30.6 Å². The molecule has 2 heterocycles. The van der Waals surface area contributed by atoms with E-state index in [0.717, 1.165) is 24.3 Å². The minimum Gasteiger partial charge on any atom is -0.382 e. The second kappa shape index (κ2) is 5.12. The molecule has 2 rings (SSSR count). The normalized spacial score (nSPS) is 9.88. The minimum absolute atomic E-state index is 0.425. The molecule has 5 nitrogen and oxygen atoms in total. The second-order valence-corrected chi connectivity index (χ2v) is 3.67. The molecule has 0 radical (unpaired) electrons. The highest BCUT2D eigenvalue weighted by Crippen LogP contribution is 2.10. The van der Waals surface area contributed by atoms with Crippen LogP contribution in [0.25, 0.3) is 0 Å². The van der Waals surface area contributed by atoms with E-state index in [9.17, 15) is 0 Å². The van der Waals surface area contributed by atoms with Crippen LogP contribution in [-0.2, 0) is 13.5 Å². The fraction of sp³-hybridized carbons (Fsp3) is 0.250. The second-order valence-electron chi connectivity index (χ2n) is 3.67. The highest BCUT2D eigenvalue weighted by atomic mass is 15.2. The molecule has 0 aliphatic rings. The van der Waals surface area contributed by atoms with E-state index in [1.54, 1.807) is 10.9 Å². The van der Waals surface area contributed by atoms with Gasteiger partial charge in [0.1, 0.15) is 6.07 Å². The van der Waals surface area contributed by atoms with Crippen molar-refractivity contribution in [2.45, 2.75) is 6.42 Å². The number of hydrogen-bond donors (Lipinski definition) is 1. The number of nitriles is 1. The molecule has 0 atom stereocenters. The Hall–Kier alpha value is -2.35. The van der Waals surface area contributed by atoms with Crippen LogP contribution in [0.5, 0.6) is 0 Å². The van der Waals surface area contributed by atoms with Gasteiger partial charge in [-0.2, -0.15) is 10.4 Å². The maximum Gasteiger partial charge on any atom is 0.163 e. The molecular formula is C12H13N5. The number of nitrogens with one attached hydrogen (secondary N) is 1. The first-order valence-corrected chi connectivity index (χ1v) is 5.37. The zero-order valence-corrected chi connectivity index (χ0v) is 9.59. The van der Waals surface area contributed by atoms with E-state index in [4.69, 9.17) is 5.26 Å². The summed E-state index contributed by atoms with van der Waals surface area (Å²) in [7, 11) is 1.89. The summed E-state index contributed by atoms with van der Waals surface area (Å²) in [6, 6.07) is 7.70. The first kappa shape index (κ1) is 11.1. The number of nitrogens with zero attached hydrogens (tertiary/aromatic N) is 4. The number of aromatic nitrogens is 3. The van der Waals surface area contributed by atoms with Crippen molar-refractivity contribution in [2.24, 2.45) is 7.05 Å². The Balaban J connectivity index is 1.92. The van der Waals surface area contributed by atoms with Gasteiger partial charge < -0.3 is 5.32 Å². The number of rotatable bonds is 4. The number of anilines is 1. The molecule has 0 unspecified atom stereocenters. The van der Waals surface area contributed by atoms with E-state index in [2.05, 4.69) is 21.5 Å². The number of hydrogen-bond acceptors (Lipinski definition) is 4. The van der Waals surface area contributed by atoms with Crippen molar-refractivity contribution in [3.8, 4) is 6.07 Å². The van der Waals surface area contributed by atoms with Gasteiger partial charge in [0.15, 0.2) is 5.69 Å². The third-order valence-corrected chi connectivity index (χ3v) is 2.38. The summed E-state index contributed by atoms with van der Waals surface area (Å²) in [5, 5.41) is 16.3. The Labute approximate surface area is 99.7 Å². The predicted molar refractivity (Wildman–Crippen MR) is 64.4 cm³/mol. The molecule has 2 aromatic heterocycles. The first-order chi connectivity index (χ1) is 8.29. The largest absolute Gasteiger partial charge is 0.382 e. The van der Waals surface area contributed by atoms with E-state index in [0.29, 0.717) is 5.69 Å². The van der Waals surface area contributed by atoms with Gasteiger partial charge in [0.2, 0.25) is 0 Å². The van der Waals surface area contributed by atoms with Crippen molar-refractivity contribution < 1.29 is 0 Å². The quantitative estimate of drug-likeness (QED) is 0.856. The van der Waals surface area contributed by atoms with Crippen LogP contribution < -0.4 is 5.32 Å². The fourth-order valence-electron chi connectivity index (χ4n) is 1.56. The topological polar surface area (TPSA) is 66.5 Å². The molecular weight excluding hydrogens is 214 g/mol.